The number of rotatable bonds is 4. The summed E-state index contributed by atoms with van der Waals surface area (Å²) in [7, 11) is 0. The average Bonchev–Trinajstić information content (AvgIpc) is 3.01. The number of aromatic nitrogens is 1. The summed E-state index contributed by atoms with van der Waals surface area (Å²) in [6.45, 7) is 0. The van der Waals surface area contributed by atoms with Gasteiger partial charge in [-0.2, -0.15) is 0 Å². The smallest absolute Gasteiger partial charge is 0.312 e. The Morgan fingerprint density at radius 2 is 1.86 bits per heavy atom. The zero-order valence-electron chi connectivity index (χ0n) is 15.5. The largest absolute Gasteiger partial charge is 0.369 e. The van der Waals surface area contributed by atoms with Crippen LogP contribution in [0.15, 0.2) is 30.3 Å². The highest BCUT2D eigenvalue weighted by atomic mass is 19.1. The molecule has 6 N–H and O–H groups in total. The summed E-state index contributed by atoms with van der Waals surface area (Å²) in [6.07, 6.45) is 1.73. The van der Waals surface area contributed by atoms with E-state index in [2.05, 4.69) is 10.3 Å². The lowest BCUT2D eigenvalue weighted by Crippen LogP contribution is -2.41. The number of nitrogens with two attached hydrogens (primary N) is 2. The maximum atomic E-state index is 14.5. The highest BCUT2D eigenvalue weighted by molar-refractivity contribution is 6.01. The first kappa shape index (κ1) is 18.9. The summed E-state index contributed by atoms with van der Waals surface area (Å²) in [6, 6.07) is 6.30. The van der Waals surface area contributed by atoms with E-state index in [0.29, 0.717) is 41.3 Å². The Balaban J connectivity index is 1.94. The molecule has 1 atom stereocenters. The van der Waals surface area contributed by atoms with E-state index in [9.17, 15) is 18.4 Å². The predicted molar refractivity (Wildman–Crippen MR) is 105 cm³/mol. The number of carbonyl (C=O) groups is 2. The van der Waals surface area contributed by atoms with Gasteiger partial charge in [0.2, 0.25) is 5.91 Å². The second-order valence-corrected chi connectivity index (χ2v) is 7.29. The van der Waals surface area contributed by atoms with Crippen molar-refractivity contribution in [1.82, 2.24) is 10.3 Å². The van der Waals surface area contributed by atoms with Crippen LogP contribution >= 0.6 is 0 Å². The Bertz CT molecular complexity index is 1120. The first-order valence-electron chi connectivity index (χ1n) is 9.29. The van der Waals surface area contributed by atoms with E-state index in [4.69, 9.17) is 11.5 Å². The number of nitrogens with one attached hydrogen (secondary N) is 2. The van der Waals surface area contributed by atoms with Crippen molar-refractivity contribution < 1.29 is 18.4 Å². The van der Waals surface area contributed by atoms with E-state index in [1.165, 1.54) is 18.2 Å². The molecule has 1 aliphatic carbocycles. The Labute approximate surface area is 165 Å². The molecule has 150 valence electrons. The summed E-state index contributed by atoms with van der Waals surface area (Å²) in [4.78, 5) is 26.0. The first-order valence-corrected chi connectivity index (χ1v) is 9.29. The molecule has 0 bridgehead atoms. The normalized spacial score (nSPS) is 15.9. The molecular weight excluding hydrogens is 378 g/mol. The predicted octanol–water partition coefficient (Wildman–Crippen LogP) is 2.67. The Morgan fingerprint density at radius 3 is 2.52 bits per heavy atom. The van der Waals surface area contributed by atoms with Gasteiger partial charge in [-0.05, 0) is 41.7 Å². The number of hydrogen-bond donors (Lipinski definition) is 4. The van der Waals surface area contributed by atoms with Gasteiger partial charge in [-0.25, -0.2) is 13.6 Å². The van der Waals surface area contributed by atoms with Crippen LogP contribution in [0.25, 0.3) is 22.0 Å². The Hall–Kier alpha value is -3.42. The van der Waals surface area contributed by atoms with Crippen molar-refractivity contribution in [2.75, 3.05) is 0 Å². The van der Waals surface area contributed by atoms with Crippen molar-refractivity contribution in [3.05, 3.63) is 58.8 Å². The molecule has 2 aromatic carbocycles. The minimum Gasteiger partial charge on any atom is -0.369 e. The molecule has 3 aromatic rings. The number of H-pyrrole nitrogens is 1. The van der Waals surface area contributed by atoms with Crippen LogP contribution in [0.2, 0.25) is 0 Å². The van der Waals surface area contributed by atoms with Crippen LogP contribution in [-0.4, -0.2) is 23.0 Å². The van der Waals surface area contributed by atoms with E-state index in [0.717, 1.165) is 11.3 Å². The molecule has 1 heterocycles. The van der Waals surface area contributed by atoms with E-state index >= 15 is 0 Å². The molecule has 0 radical (unpaired) electrons. The van der Waals surface area contributed by atoms with Crippen LogP contribution in [0.4, 0.5) is 13.6 Å². The molecule has 0 saturated carbocycles. The van der Waals surface area contributed by atoms with Gasteiger partial charge in [-0.3, -0.25) is 4.79 Å². The van der Waals surface area contributed by atoms with Crippen molar-refractivity contribution in [2.45, 2.75) is 31.7 Å². The molecule has 3 amide bonds. The summed E-state index contributed by atoms with van der Waals surface area (Å²) in [5.74, 6) is -1.82. The van der Waals surface area contributed by atoms with Gasteiger partial charge in [0.1, 0.15) is 11.6 Å². The van der Waals surface area contributed by atoms with Gasteiger partial charge >= 0.3 is 6.03 Å². The number of carbonyl (C=O) groups excluding carboxylic acids is 2. The second kappa shape index (κ2) is 7.20. The average molecular weight is 398 g/mol. The van der Waals surface area contributed by atoms with Crippen LogP contribution in [-0.2, 0) is 24.1 Å². The van der Waals surface area contributed by atoms with Crippen LogP contribution in [0.5, 0.6) is 0 Å². The van der Waals surface area contributed by atoms with Gasteiger partial charge < -0.3 is 21.8 Å². The van der Waals surface area contributed by atoms with E-state index in [1.54, 1.807) is 12.1 Å². The maximum Gasteiger partial charge on any atom is 0.312 e. The van der Waals surface area contributed by atoms with Gasteiger partial charge in [0.25, 0.3) is 0 Å². The van der Waals surface area contributed by atoms with Crippen LogP contribution in [0, 0.1) is 11.6 Å². The zero-order valence-corrected chi connectivity index (χ0v) is 15.5. The zero-order chi connectivity index (χ0) is 20.7. The summed E-state index contributed by atoms with van der Waals surface area (Å²) in [5.41, 5.74) is 14.0. The van der Waals surface area contributed by atoms with Crippen molar-refractivity contribution in [3.63, 3.8) is 0 Å². The Morgan fingerprint density at radius 1 is 1.14 bits per heavy atom. The number of benzene rings is 2. The number of hydrogen-bond acceptors (Lipinski definition) is 2. The lowest BCUT2D eigenvalue weighted by atomic mass is 9.88. The minimum absolute atomic E-state index is 0.00110. The number of primary amides is 2. The Kier molecular flexibility index (Phi) is 4.70. The molecule has 29 heavy (non-hydrogen) atoms. The van der Waals surface area contributed by atoms with Crippen LogP contribution in [0.1, 0.15) is 23.2 Å². The molecule has 0 aliphatic heterocycles. The molecule has 1 aromatic heterocycles. The van der Waals surface area contributed by atoms with Crippen molar-refractivity contribution >= 4 is 22.8 Å². The standard InChI is InChI=1S/C21H20F2N4O2/c22-14-2-1-3-15(23)19(14)13-6-4-10(8-17(24)28)20-18(13)12-7-5-11(26-21(25)29)9-16(12)27-20/h1-4,6,11,27H,5,7-9H2,(H2,24,28)(H3,25,26,29). The number of aryl methyl sites for hydroxylation is 1. The van der Waals surface area contributed by atoms with Gasteiger partial charge in [0.05, 0.1) is 17.5 Å². The van der Waals surface area contributed by atoms with Gasteiger partial charge in [-0.1, -0.05) is 18.2 Å². The maximum absolute atomic E-state index is 14.5. The first-order chi connectivity index (χ1) is 13.8. The van der Waals surface area contributed by atoms with Gasteiger partial charge in [0.15, 0.2) is 0 Å². The third-order valence-corrected chi connectivity index (χ3v) is 5.37. The third-order valence-electron chi connectivity index (χ3n) is 5.37. The highest BCUT2D eigenvalue weighted by Gasteiger charge is 2.27. The molecular formula is C21H20F2N4O2. The number of amides is 3. The number of halogens is 2. The number of fused-ring (bicyclic) bond motifs is 3. The number of aromatic amines is 1. The van der Waals surface area contributed by atoms with E-state index in [-0.39, 0.29) is 18.0 Å². The SMILES string of the molecule is NC(=O)Cc1ccc(-c2c(F)cccc2F)c2c3c([nH]c12)CC(NC(N)=O)CC3. The molecule has 0 saturated heterocycles. The van der Waals surface area contributed by atoms with E-state index < -0.39 is 23.6 Å². The highest BCUT2D eigenvalue weighted by Crippen LogP contribution is 2.39. The lowest BCUT2D eigenvalue weighted by Gasteiger charge is -2.23. The van der Waals surface area contributed by atoms with Gasteiger partial charge in [-0.15, -0.1) is 0 Å². The van der Waals surface area contributed by atoms with Gasteiger partial charge in [0, 0.05) is 23.5 Å². The fourth-order valence-corrected chi connectivity index (χ4v) is 4.22. The van der Waals surface area contributed by atoms with Crippen molar-refractivity contribution in [1.29, 1.82) is 0 Å². The fraction of sp³-hybridized carbons (Fsp3) is 0.238. The molecule has 0 spiro atoms. The second-order valence-electron chi connectivity index (χ2n) is 7.29. The third kappa shape index (κ3) is 3.41. The quantitative estimate of drug-likeness (QED) is 0.541. The van der Waals surface area contributed by atoms with Crippen LogP contribution in [0.3, 0.4) is 0 Å². The fourth-order valence-electron chi connectivity index (χ4n) is 4.22. The topological polar surface area (TPSA) is 114 Å². The molecule has 1 unspecified atom stereocenters. The summed E-state index contributed by atoms with van der Waals surface area (Å²) < 4.78 is 29.1. The summed E-state index contributed by atoms with van der Waals surface area (Å²) >= 11 is 0. The minimum atomic E-state index is -0.659. The molecule has 8 heteroatoms. The summed E-state index contributed by atoms with van der Waals surface area (Å²) in [5, 5.41) is 3.38. The number of urea groups is 1. The van der Waals surface area contributed by atoms with Crippen molar-refractivity contribution in [3.8, 4) is 11.1 Å². The molecule has 0 fully saturated rings. The molecule has 1 aliphatic rings. The van der Waals surface area contributed by atoms with Crippen LogP contribution < -0.4 is 16.8 Å². The molecule has 4 rings (SSSR count). The van der Waals surface area contributed by atoms with Crippen molar-refractivity contribution in [2.24, 2.45) is 11.5 Å². The van der Waals surface area contributed by atoms with E-state index in [1.807, 2.05) is 0 Å². The monoisotopic (exact) mass is 398 g/mol. The molecule has 6 nitrogen and oxygen atoms in total. The lowest BCUT2D eigenvalue weighted by molar-refractivity contribution is -0.117.